The molecule has 62 valence electrons. The third kappa shape index (κ3) is 3.44. The summed E-state index contributed by atoms with van der Waals surface area (Å²) in [6, 6.07) is 0. The van der Waals surface area contributed by atoms with Gasteiger partial charge in [-0.15, -0.1) is 0 Å². The lowest BCUT2D eigenvalue weighted by atomic mass is 10.2. The maximum atomic E-state index is 11.7. The molecule has 0 aliphatic heterocycles. The molecule has 0 aromatic carbocycles. The molecular formula is C6H5F3O2. The molecule has 0 fully saturated rings. The average molecular weight is 166 g/mol. The molecule has 0 atom stereocenters. The summed E-state index contributed by atoms with van der Waals surface area (Å²) in [5.41, 5.74) is -1.26. The number of carboxylic acid groups (broad SMARTS) is 1. The summed E-state index contributed by atoms with van der Waals surface area (Å²) in [5.74, 6) is -1.64. The first-order valence-electron chi connectivity index (χ1n) is 2.52. The zero-order valence-corrected chi connectivity index (χ0v) is 5.35. The third-order valence-electron chi connectivity index (χ3n) is 0.826. The number of hydrogen-bond acceptors (Lipinski definition) is 1. The lowest BCUT2D eigenvalue weighted by Crippen LogP contribution is -2.11. The SMILES string of the molecule is C=CC(=CC(=O)O)C(F)(F)F. The summed E-state index contributed by atoms with van der Waals surface area (Å²) in [6.45, 7) is 2.83. The summed E-state index contributed by atoms with van der Waals surface area (Å²) in [4.78, 5) is 9.79. The Morgan fingerprint density at radius 3 is 2.00 bits per heavy atom. The molecule has 0 aliphatic rings. The molecule has 0 radical (unpaired) electrons. The smallest absolute Gasteiger partial charge is 0.416 e. The van der Waals surface area contributed by atoms with Crippen molar-refractivity contribution >= 4 is 5.97 Å². The molecule has 11 heavy (non-hydrogen) atoms. The van der Waals surface area contributed by atoms with Gasteiger partial charge in [-0.05, 0) is 0 Å². The van der Waals surface area contributed by atoms with E-state index in [4.69, 9.17) is 5.11 Å². The van der Waals surface area contributed by atoms with Crippen LogP contribution in [0, 0.1) is 0 Å². The van der Waals surface area contributed by atoms with Crippen molar-refractivity contribution in [2.75, 3.05) is 0 Å². The van der Waals surface area contributed by atoms with E-state index < -0.39 is 17.7 Å². The maximum Gasteiger partial charge on any atom is 0.416 e. The van der Waals surface area contributed by atoms with Gasteiger partial charge in [0.05, 0.1) is 5.57 Å². The van der Waals surface area contributed by atoms with Crippen molar-refractivity contribution < 1.29 is 23.1 Å². The van der Waals surface area contributed by atoms with Crippen molar-refractivity contribution in [3.63, 3.8) is 0 Å². The highest BCUT2D eigenvalue weighted by molar-refractivity contribution is 5.81. The van der Waals surface area contributed by atoms with Crippen molar-refractivity contribution in [3.8, 4) is 0 Å². The molecule has 0 amide bonds. The molecule has 0 aliphatic carbocycles. The maximum absolute atomic E-state index is 11.7. The molecule has 0 saturated carbocycles. The van der Waals surface area contributed by atoms with E-state index in [1.54, 1.807) is 0 Å². The Hall–Kier alpha value is -1.26. The first-order valence-corrected chi connectivity index (χ1v) is 2.52. The van der Waals surface area contributed by atoms with E-state index in [1.807, 2.05) is 0 Å². The number of aliphatic carboxylic acids is 1. The van der Waals surface area contributed by atoms with E-state index in [0.29, 0.717) is 6.08 Å². The largest absolute Gasteiger partial charge is 0.478 e. The van der Waals surface area contributed by atoms with E-state index >= 15 is 0 Å². The number of rotatable bonds is 2. The number of halogens is 3. The van der Waals surface area contributed by atoms with Crippen LogP contribution < -0.4 is 0 Å². The van der Waals surface area contributed by atoms with Gasteiger partial charge in [0.2, 0.25) is 0 Å². The summed E-state index contributed by atoms with van der Waals surface area (Å²) in [6.07, 6.45) is -4.12. The molecule has 0 heterocycles. The molecule has 0 aromatic rings. The number of carbonyl (C=O) groups is 1. The predicted octanol–water partition coefficient (Wildman–Crippen LogP) is 1.75. The van der Waals surface area contributed by atoms with Crippen LogP contribution in [-0.4, -0.2) is 17.3 Å². The van der Waals surface area contributed by atoms with Gasteiger partial charge >= 0.3 is 12.1 Å². The highest BCUT2D eigenvalue weighted by Gasteiger charge is 2.31. The quantitative estimate of drug-likeness (QED) is 0.501. The van der Waals surface area contributed by atoms with Gasteiger partial charge in [0.1, 0.15) is 0 Å². The van der Waals surface area contributed by atoms with Crippen molar-refractivity contribution in [1.82, 2.24) is 0 Å². The fourth-order valence-electron chi connectivity index (χ4n) is 0.390. The molecule has 0 unspecified atom stereocenters. The molecule has 0 spiro atoms. The van der Waals surface area contributed by atoms with Crippen LogP contribution in [0.3, 0.4) is 0 Å². The van der Waals surface area contributed by atoms with Crippen LogP contribution in [-0.2, 0) is 4.79 Å². The van der Waals surface area contributed by atoms with Gasteiger partial charge < -0.3 is 5.11 Å². The third-order valence-corrected chi connectivity index (χ3v) is 0.826. The van der Waals surface area contributed by atoms with Gasteiger partial charge in [0, 0.05) is 6.08 Å². The average Bonchev–Trinajstić information content (AvgIpc) is 1.79. The van der Waals surface area contributed by atoms with E-state index in [0.717, 1.165) is 0 Å². The molecule has 0 saturated heterocycles. The summed E-state index contributed by atoms with van der Waals surface area (Å²) in [7, 11) is 0. The monoisotopic (exact) mass is 166 g/mol. The fraction of sp³-hybridized carbons (Fsp3) is 0.167. The van der Waals surface area contributed by atoms with Crippen LogP contribution in [0.2, 0.25) is 0 Å². The number of allylic oxidation sites excluding steroid dienone is 2. The standard InChI is InChI=1S/C6H5F3O2/c1-2-4(3-5(10)11)6(7,8)9/h2-3H,1H2,(H,10,11). The second-order valence-corrected chi connectivity index (χ2v) is 1.64. The van der Waals surface area contributed by atoms with Gasteiger partial charge in [-0.2, -0.15) is 13.2 Å². The molecular weight excluding hydrogens is 161 g/mol. The van der Waals surface area contributed by atoms with Crippen LogP contribution in [0.1, 0.15) is 0 Å². The lowest BCUT2D eigenvalue weighted by Gasteiger charge is -2.04. The van der Waals surface area contributed by atoms with E-state index in [1.165, 1.54) is 0 Å². The van der Waals surface area contributed by atoms with Crippen molar-refractivity contribution in [3.05, 3.63) is 24.3 Å². The minimum Gasteiger partial charge on any atom is -0.478 e. The van der Waals surface area contributed by atoms with Gasteiger partial charge in [0.15, 0.2) is 0 Å². The first-order chi connectivity index (χ1) is 4.88. The number of carboxylic acids is 1. The fourth-order valence-corrected chi connectivity index (χ4v) is 0.390. The minimum absolute atomic E-state index is 0.0625. The van der Waals surface area contributed by atoms with Crippen LogP contribution in [0.5, 0.6) is 0 Å². The molecule has 0 aromatic heterocycles. The van der Waals surface area contributed by atoms with Crippen molar-refractivity contribution in [1.29, 1.82) is 0 Å². The summed E-state index contributed by atoms with van der Waals surface area (Å²) in [5, 5.41) is 7.95. The van der Waals surface area contributed by atoms with Gasteiger partial charge in [-0.1, -0.05) is 12.7 Å². The highest BCUT2D eigenvalue weighted by Crippen LogP contribution is 2.25. The van der Waals surface area contributed by atoms with Gasteiger partial charge in [0.25, 0.3) is 0 Å². The van der Waals surface area contributed by atoms with Crippen molar-refractivity contribution in [2.45, 2.75) is 6.18 Å². The Bertz CT molecular complexity index is 202. The Morgan fingerprint density at radius 1 is 1.45 bits per heavy atom. The normalized spacial score (nSPS) is 12.8. The zero-order valence-electron chi connectivity index (χ0n) is 5.35. The minimum atomic E-state index is -4.64. The lowest BCUT2D eigenvalue weighted by molar-refractivity contribution is -0.132. The van der Waals surface area contributed by atoms with Crippen LogP contribution in [0.15, 0.2) is 24.3 Å². The number of alkyl halides is 3. The van der Waals surface area contributed by atoms with Crippen LogP contribution in [0.25, 0.3) is 0 Å². The van der Waals surface area contributed by atoms with Gasteiger partial charge in [-0.3, -0.25) is 0 Å². The molecule has 5 heteroatoms. The molecule has 2 nitrogen and oxygen atoms in total. The molecule has 0 rings (SSSR count). The van der Waals surface area contributed by atoms with E-state index in [2.05, 4.69) is 6.58 Å². The molecule has 0 bridgehead atoms. The van der Waals surface area contributed by atoms with E-state index in [-0.39, 0.29) is 6.08 Å². The molecule has 1 N–H and O–H groups in total. The first kappa shape index (κ1) is 9.74. The predicted molar refractivity (Wildman–Crippen MR) is 32.0 cm³/mol. The zero-order chi connectivity index (χ0) is 9.07. The van der Waals surface area contributed by atoms with Crippen LogP contribution >= 0.6 is 0 Å². The number of hydrogen-bond donors (Lipinski definition) is 1. The van der Waals surface area contributed by atoms with Crippen LogP contribution in [0.4, 0.5) is 13.2 Å². The highest BCUT2D eigenvalue weighted by atomic mass is 19.4. The summed E-state index contributed by atoms with van der Waals surface area (Å²) < 4.78 is 35.0. The Kier molecular flexibility index (Phi) is 2.86. The Labute approximate surface area is 60.6 Å². The second-order valence-electron chi connectivity index (χ2n) is 1.64. The van der Waals surface area contributed by atoms with Crippen molar-refractivity contribution in [2.24, 2.45) is 0 Å². The summed E-state index contributed by atoms with van der Waals surface area (Å²) >= 11 is 0. The Morgan fingerprint density at radius 2 is 1.91 bits per heavy atom. The topological polar surface area (TPSA) is 37.3 Å². The Balaban J connectivity index is 4.68. The second kappa shape index (κ2) is 3.23. The van der Waals surface area contributed by atoms with E-state index in [9.17, 15) is 18.0 Å². The van der Waals surface area contributed by atoms with Gasteiger partial charge in [-0.25, -0.2) is 4.79 Å².